The summed E-state index contributed by atoms with van der Waals surface area (Å²) in [7, 11) is 0. The first-order chi connectivity index (χ1) is 14.9. The van der Waals surface area contributed by atoms with E-state index in [1.54, 1.807) is 16.9 Å². The Balaban J connectivity index is 1.53. The third-order valence-corrected chi connectivity index (χ3v) is 5.23. The summed E-state index contributed by atoms with van der Waals surface area (Å²) in [5.41, 5.74) is 5.96. The lowest BCUT2D eigenvalue weighted by atomic mass is 10.0. The van der Waals surface area contributed by atoms with Crippen LogP contribution in [0.15, 0.2) is 66.7 Å². The molecule has 1 heterocycles. The summed E-state index contributed by atoms with van der Waals surface area (Å²) in [4.78, 5) is 13.9. The van der Waals surface area contributed by atoms with Crippen molar-refractivity contribution < 1.29 is 4.79 Å². The molecule has 4 rings (SSSR count). The van der Waals surface area contributed by atoms with Gasteiger partial charge in [-0.3, -0.25) is 10.1 Å². The van der Waals surface area contributed by atoms with Crippen molar-refractivity contribution in [1.29, 1.82) is 0 Å². The third-order valence-electron chi connectivity index (χ3n) is 5.03. The maximum atomic E-state index is 12.3. The molecule has 156 valence electrons. The highest BCUT2D eigenvalue weighted by Crippen LogP contribution is 2.23. The zero-order valence-corrected chi connectivity index (χ0v) is 18.4. The molecule has 7 heteroatoms. The van der Waals surface area contributed by atoms with Crippen molar-refractivity contribution in [2.24, 2.45) is 0 Å². The molecule has 0 atom stereocenters. The smallest absolute Gasteiger partial charge is 0.257 e. The second-order valence-corrected chi connectivity index (χ2v) is 8.07. The summed E-state index contributed by atoms with van der Waals surface area (Å²) in [5.74, 6) is 0.217. The van der Waals surface area contributed by atoms with Gasteiger partial charge in [-0.15, -0.1) is 10.2 Å². The van der Waals surface area contributed by atoms with E-state index in [0.29, 0.717) is 11.5 Å². The number of hydrogen-bond acceptors (Lipinski definition) is 4. The summed E-state index contributed by atoms with van der Waals surface area (Å²) in [6, 6.07) is 21.0. The van der Waals surface area contributed by atoms with Crippen LogP contribution in [-0.4, -0.2) is 26.0 Å². The minimum absolute atomic E-state index is 0.230. The van der Waals surface area contributed by atoms with Crippen molar-refractivity contribution in [2.45, 2.75) is 26.7 Å². The second kappa shape index (κ2) is 8.65. The van der Waals surface area contributed by atoms with E-state index in [-0.39, 0.29) is 11.0 Å². The number of nitrogens with zero attached hydrogens (tertiary/aromatic N) is 3. The normalized spacial score (nSPS) is 11.0. The summed E-state index contributed by atoms with van der Waals surface area (Å²) in [6.07, 6.45) is 0. The van der Waals surface area contributed by atoms with E-state index in [1.807, 2.05) is 49.4 Å². The van der Waals surface area contributed by atoms with E-state index in [0.717, 1.165) is 28.0 Å². The Morgan fingerprint density at radius 2 is 1.61 bits per heavy atom. The third kappa shape index (κ3) is 4.62. The molecule has 0 fully saturated rings. The fraction of sp³-hybridized carbons (Fsp3) is 0.167. The Hall–Kier alpha value is -3.58. The molecule has 4 aromatic rings. The van der Waals surface area contributed by atoms with Gasteiger partial charge in [0.05, 0.1) is 5.69 Å². The standard InChI is InChI=1S/C24H23N5OS/c1-15(2)17-9-11-19(12-10-17)29-27-21-13-16(3)20(14-22(21)28-29)25-24(31)26-23(30)18-7-5-4-6-8-18/h4-15H,1-3H3,(H2,25,26,30,31). The van der Waals surface area contributed by atoms with Crippen LogP contribution in [0.2, 0.25) is 0 Å². The number of thiocarbonyl (C=S) groups is 1. The summed E-state index contributed by atoms with van der Waals surface area (Å²) in [5, 5.41) is 15.2. The Morgan fingerprint density at radius 3 is 2.26 bits per heavy atom. The molecule has 0 radical (unpaired) electrons. The van der Waals surface area contributed by atoms with Gasteiger partial charge in [0.15, 0.2) is 5.11 Å². The number of benzene rings is 3. The van der Waals surface area contributed by atoms with Crippen molar-refractivity contribution in [3.63, 3.8) is 0 Å². The maximum absolute atomic E-state index is 12.3. The van der Waals surface area contributed by atoms with Crippen LogP contribution < -0.4 is 10.6 Å². The van der Waals surface area contributed by atoms with Crippen LogP contribution in [0, 0.1) is 6.92 Å². The number of fused-ring (bicyclic) bond motifs is 1. The van der Waals surface area contributed by atoms with E-state index in [1.165, 1.54) is 5.56 Å². The SMILES string of the molecule is Cc1cc2nn(-c3ccc(C(C)C)cc3)nc2cc1NC(=S)NC(=O)c1ccccc1. The molecule has 0 unspecified atom stereocenters. The molecule has 0 aliphatic rings. The largest absolute Gasteiger partial charge is 0.332 e. The molecule has 3 aromatic carbocycles. The first kappa shape index (κ1) is 20.7. The lowest BCUT2D eigenvalue weighted by molar-refractivity contribution is 0.0977. The minimum Gasteiger partial charge on any atom is -0.332 e. The van der Waals surface area contributed by atoms with Gasteiger partial charge in [-0.25, -0.2) is 0 Å². The van der Waals surface area contributed by atoms with Crippen molar-refractivity contribution in [3.8, 4) is 5.69 Å². The summed E-state index contributed by atoms with van der Waals surface area (Å²) < 4.78 is 0. The number of carbonyl (C=O) groups excluding carboxylic acids is 1. The molecule has 0 saturated carbocycles. The quantitative estimate of drug-likeness (QED) is 0.448. The first-order valence-corrected chi connectivity index (χ1v) is 10.5. The van der Waals surface area contributed by atoms with E-state index < -0.39 is 0 Å². The lowest BCUT2D eigenvalue weighted by Crippen LogP contribution is -2.34. The Kier molecular flexibility index (Phi) is 5.77. The monoisotopic (exact) mass is 429 g/mol. The average Bonchev–Trinajstić information content (AvgIpc) is 3.17. The molecule has 0 bridgehead atoms. The average molecular weight is 430 g/mol. The van der Waals surface area contributed by atoms with Crippen LogP contribution >= 0.6 is 12.2 Å². The molecule has 31 heavy (non-hydrogen) atoms. The van der Waals surface area contributed by atoms with Crippen LogP contribution in [0.25, 0.3) is 16.7 Å². The van der Waals surface area contributed by atoms with Crippen LogP contribution in [-0.2, 0) is 0 Å². The highest BCUT2D eigenvalue weighted by molar-refractivity contribution is 7.80. The number of amides is 1. The van der Waals surface area contributed by atoms with Gasteiger partial charge in [0.1, 0.15) is 11.0 Å². The predicted molar refractivity (Wildman–Crippen MR) is 128 cm³/mol. The number of rotatable bonds is 4. The van der Waals surface area contributed by atoms with Crippen LogP contribution in [0.5, 0.6) is 0 Å². The van der Waals surface area contributed by atoms with Gasteiger partial charge < -0.3 is 5.32 Å². The molecule has 2 N–H and O–H groups in total. The van der Waals surface area contributed by atoms with Gasteiger partial charge in [0, 0.05) is 11.3 Å². The van der Waals surface area contributed by atoms with Crippen molar-refractivity contribution in [1.82, 2.24) is 20.3 Å². The number of nitrogens with one attached hydrogen (secondary N) is 2. The second-order valence-electron chi connectivity index (χ2n) is 7.67. The Bertz CT molecular complexity index is 1250. The molecular formula is C24H23N5OS. The highest BCUT2D eigenvalue weighted by atomic mass is 32.1. The molecule has 0 aliphatic heterocycles. The predicted octanol–water partition coefficient (Wildman–Crippen LogP) is 4.98. The molecule has 0 spiro atoms. The fourth-order valence-corrected chi connectivity index (χ4v) is 3.43. The zero-order chi connectivity index (χ0) is 22.0. The van der Waals surface area contributed by atoms with Crippen molar-refractivity contribution in [3.05, 3.63) is 83.4 Å². The fourth-order valence-electron chi connectivity index (χ4n) is 3.23. The van der Waals surface area contributed by atoms with Crippen molar-refractivity contribution in [2.75, 3.05) is 5.32 Å². The number of aromatic nitrogens is 3. The Labute approximate surface area is 186 Å². The Morgan fingerprint density at radius 1 is 0.968 bits per heavy atom. The van der Waals surface area contributed by atoms with Gasteiger partial charge in [-0.2, -0.15) is 4.80 Å². The van der Waals surface area contributed by atoms with E-state index in [9.17, 15) is 4.79 Å². The van der Waals surface area contributed by atoms with Gasteiger partial charge >= 0.3 is 0 Å². The number of aryl methyl sites for hydroxylation is 1. The number of anilines is 1. The molecule has 6 nitrogen and oxygen atoms in total. The van der Waals surface area contributed by atoms with E-state index in [2.05, 4.69) is 46.8 Å². The summed E-state index contributed by atoms with van der Waals surface area (Å²) >= 11 is 5.33. The maximum Gasteiger partial charge on any atom is 0.257 e. The van der Waals surface area contributed by atoms with Crippen LogP contribution in [0.3, 0.4) is 0 Å². The van der Waals surface area contributed by atoms with Crippen LogP contribution in [0.4, 0.5) is 5.69 Å². The van der Waals surface area contributed by atoms with E-state index >= 15 is 0 Å². The summed E-state index contributed by atoms with van der Waals surface area (Å²) in [6.45, 7) is 6.29. The van der Waals surface area contributed by atoms with E-state index in [4.69, 9.17) is 12.2 Å². The molecule has 1 amide bonds. The van der Waals surface area contributed by atoms with Gasteiger partial charge in [-0.05, 0) is 72.6 Å². The molecule has 1 aromatic heterocycles. The molecule has 0 saturated heterocycles. The van der Waals surface area contributed by atoms with Crippen molar-refractivity contribution >= 4 is 40.0 Å². The highest BCUT2D eigenvalue weighted by Gasteiger charge is 2.12. The minimum atomic E-state index is -0.257. The van der Waals surface area contributed by atoms with Gasteiger partial charge in [-0.1, -0.05) is 44.2 Å². The lowest BCUT2D eigenvalue weighted by Gasteiger charge is -2.11. The zero-order valence-electron chi connectivity index (χ0n) is 17.6. The number of carbonyl (C=O) groups is 1. The van der Waals surface area contributed by atoms with Crippen LogP contribution in [0.1, 0.15) is 41.3 Å². The molecule has 0 aliphatic carbocycles. The molecular weight excluding hydrogens is 406 g/mol. The number of hydrogen-bond donors (Lipinski definition) is 2. The topological polar surface area (TPSA) is 71.8 Å². The van der Waals surface area contributed by atoms with Gasteiger partial charge in [0.25, 0.3) is 5.91 Å². The van der Waals surface area contributed by atoms with Gasteiger partial charge in [0.2, 0.25) is 0 Å². The first-order valence-electron chi connectivity index (χ1n) is 10.1.